The molecule has 4 nitrogen and oxygen atoms in total. The summed E-state index contributed by atoms with van der Waals surface area (Å²) >= 11 is 0. The summed E-state index contributed by atoms with van der Waals surface area (Å²) in [4.78, 5) is 8.67. The van der Waals surface area contributed by atoms with Gasteiger partial charge in [0.2, 0.25) is 0 Å². The Kier molecular flexibility index (Phi) is 2.74. The van der Waals surface area contributed by atoms with Crippen LogP contribution in [0.15, 0.2) is 6.20 Å². The number of fused-ring (bicyclic) bond motifs is 1. The molecular weight excluding hydrogens is 178 g/mol. The monoisotopic (exact) mass is 193 g/mol. The van der Waals surface area contributed by atoms with Gasteiger partial charge >= 0.3 is 0 Å². The highest BCUT2D eigenvalue weighted by Gasteiger charge is 2.17. The van der Waals surface area contributed by atoms with Crippen molar-refractivity contribution in [1.29, 1.82) is 0 Å². The Morgan fingerprint density at radius 3 is 3.29 bits per heavy atom. The Morgan fingerprint density at radius 1 is 1.64 bits per heavy atom. The molecule has 1 heterocycles. The molecule has 4 heteroatoms. The Hall–Kier alpha value is -1.00. The molecule has 1 aliphatic carbocycles. The van der Waals surface area contributed by atoms with Crippen molar-refractivity contribution in [3.8, 4) is 0 Å². The third-order valence-electron chi connectivity index (χ3n) is 2.51. The van der Waals surface area contributed by atoms with Crippen molar-refractivity contribution in [2.45, 2.75) is 31.9 Å². The third kappa shape index (κ3) is 1.91. The van der Waals surface area contributed by atoms with Crippen molar-refractivity contribution in [3.63, 3.8) is 0 Å². The van der Waals surface area contributed by atoms with Gasteiger partial charge in [-0.15, -0.1) is 0 Å². The standard InChI is InChI=1S/C10H15N3O/c1-14-6-10-12-5-7-4-8(11)2-3-9(7)13-10/h5,8H,2-4,6,11H2,1H3. The summed E-state index contributed by atoms with van der Waals surface area (Å²) in [6.07, 6.45) is 4.78. The lowest BCUT2D eigenvalue weighted by atomic mass is 9.93. The molecule has 0 amide bonds. The number of nitrogens with two attached hydrogens (primary N) is 1. The molecule has 0 aliphatic heterocycles. The van der Waals surface area contributed by atoms with Crippen LogP contribution in [-0.4, -0.2) is 23.1 Å². The summed E-state index contributed by atoms with van der Waals surface area (Å²) in [6.45, 7) is 0.485. The lowest BCUT2D eigenvalue weighted by Gasteiger charge is -2.20. The maximum Gasteiger partial charge on any atom is 0.154 e. The number of nitrogens with zero attached hydrogens (tertiary/aromatic N) is 2. The first-order chi connectivity index (χ1) is 6.79. The fourth-order valence-corrected chi connectivity index (χ4v) is 1.78. The van der Waals surface area contributed by atoms with Crippen molar-refractivity contribution in [2.75, 3.05) is 7.11 Å². The second kappa shape index (κ2) is 4.02. The molecule has 0 bridgehead atoms. The Morgan fingerprint density at radius 2 is 2.50 bits per heavy atom. The van der Waals surface area contributed by atoms with E-state index < -0.39 is 0 Å². The van der Waals surface area contributed by atoms with Crippen LogP contribution >= 0.6 is 0 Å². The van der Waals surface area contributed by atoms with Crippen LogP contribution in [-0.2, 0) is 24.2 Å². The minimum Gasteiger partial charge on any atom is -0.377 e. The summed E-state index contributed by atoms with van der Waals surface area (Å²) in [6, 6.07) is 0.277. The lowest BCUT2D eigenvalue weighted by molar-refractivity contribution is 0.177. The zero-order valence-corrected chi connectivity index (χ0v) is 8.36. The van der Waals surface area contributed by atoms with Gasteiger partial charge in [0.05, 0.1) is 0 Å². The van der Waals surface area contributed by atoms with E-state index in [1.54, 1.807) is 7.11 Å². The fourth-order valence-electron chi connectivity index (χ4n) is 1.78. The molecule has 1 aromatic heterocycles. The van der Waals surface area contributed by atoms with Crippen molar-refractivity contribution in [2.24, 2.45) is 5.73 Å². The number of ether oxygens (including phenoxy) is 1. The first kappa shape index (κ1) is 9.55. The summed E-state index contributed by atoms with van der Waals surface area (Å²) in [7, 11) is 1.65. The molecule has 0 aromatic carbocycles. The second-order valence-corrected chi connectivity index (χ2v) is 3.69. The van der Waals surface area contributed by atoms with Gasteiger partial charge < -0.3 is 10.5 Å². The average molecular weight is 193 g/mol. The number of aromatic nitrogens is 2. The van der Waals surface area contributed by atoms with Gasteiger partial charge in [0.15, 0.2) is 5.82 Å². The van der Waals surface area contributed by atoms with E-state index in [-0.39, 0.29) is 6.04 Å². The topological polar surface area (TPSA) is 61.0 Å². The highest BCUT2D eigenvalue weighted by molar-refractivity contribution is 5.22. The van der Waals surface area contributed by atoms with Gasteiger partial charge in [-0.3, -0.25) is 0 Å². The number of aryl methyl sites for hydroxylation is 1. The summed E-state index contributed by atoms with van der Waals surface area (Å²) in [5, 5.41) is 0. The van der Waals surface area contributed by atoms with E-state index in [9.17, 15) is 0 Å². The van der Waals surface area contributed by atoms with Crippen LogP contribution in [0.4, 0.5) is 0 Å². The van der Waals surface area contributed by atoms with Gasteiger partial charge in [-0.05, 0) is 24.8 Å². The number of rotatable bonds is 2. The first-order valence-corrected chi connectivity index (χ1v) is 4.88. The zero-order chi connectivity index (χ0) is 9.97. The van der Waals surface area contributed by atoms with Crippen molar-refractivity contribution in [1.82, 2.24) is 9.97 Å². The van der Waals surface area contributed by atoms with Crippen LogP contribution in [0, 0.1) is 0 Å². The van der Waals surface area contributed by atoms with Gasteiger partial charge in [-0.2, -0.15) is 0 Å². The van der Waals surface area contributed by atoms with E-state index in [0.29, 0.717) is 6.61 Å². The summed E-state index contributed by atoms with van der Waals surface area (Å²) in [5.41, 5.74) is 8.21. The van der Waals surface area contributed by atoms with E-state index in [4.69, 9.17) is 10.5 Å². The molecular formula is C10H15N3O. The summed E-state index contributed by atoms with van der Waals surface area (Å²) < 4.78 is 4.99. The molecule has 76 valence electrons. The molecule has 0 radical (unpaired) electrons. The number of hydrogen-bond acceptors (Lipinski definition) is 4. The molecule has 2 rings (SSSR count). The molecule has 0 spiro atoms. The smallest absolute Gasteiger partial charge is 0.154 e. The van der Waals surface area contributed by atoms with Gasteiger partial charge in [0.1, 0.15) is 6.61 Å². The normalized spacial score (nSPS) is 20.6. The molecule has 14 heavy (non-hydrogen) atoms. The van der Waals surface area contributed by atoms with Crippen LogP contribution in [0.1, 0.15) is 23.5 Å². The van der Waals surface area contributed by atoms with Crippen LogP contribution < -0.4 is 5.73 Å². The van der Waals surface area contributed by atoms with Crippen LogP contribution in [0.5, 0.6) is 0 Å². The van der Waals surface area contributed by atoms with E-state index in [1.165, 1.54) is 5.56 Å². The number of hydrogen-bond donors (Lipinski definition) is 1. The molecule has 0 saturated carbocycles. The molecule has 0 fully saturated rings. The minimum absolute atomic E-state index is 0.277. The highest BCUT2D eigenvalue weighted by atomic mass is 16.5. The maximum absolute atomic E-state index is 5.87. The fraction of sp³-hybridized carbons (Fsp3) is 0.600. The second-order valence-electron chi connectivity index (χ2n) is 3.69. The van der Waals surface area contributed by atoms with Crippen molar-refractivity contribution >= 4 is 0 Å². The quantitative estimate of drug-likeness (QED) is 0.740. The lowest BCUT2D eigenvalue weighted by Crippen LogP contribution is -2.28. The Balaban J connectivity index is 2.22. The van der Waals surface area contributed by atoms with Gasteiger partial charge in [0.25, 0.3) is 0 Å². The Labute approximate surface area is 83.5 Å². The predicted molar refractivity (Wildman–Crippen MR) is 52.7 cm³/mol. The van der Waals surface area contributed by atoms with E-state index in [0.717, 1.165) is 30.8 Å². The van der Waals surface area contributed by atoms with Gasteiger partial charge in [-0.25, -0.2) is 9.97 Å². The van der Waals surface area contributed by atoms with Gasteiger partial charge in [0, 0.05) is 25.0 Å². The predicted octanol–water partition coefficient (Wildman–Crippen LogP) is 0.439. The van der Waals surface area contributed by atoms with Crippen LogP contribution in [0.2, 0.25) is 0 Å². The zero-order valence-electron chi connectivity index (χ0n) is 8.36. The van der Waals surface area contributed by atoms with Crippen molar-refractivity contribution in [3.05, 3.63) is 23.3 Å². The van der Waals surface area contributed by atoms with Crippen LogP contribution in [0.3, 0.4) is 0 Å². The maximum atomic E-state index is 5.87. The SMILES string of the molecule is COCc1ncc2c(n1)CCC(N)C2. The minimum atomic E-state index is 0.277. The average Bonchev–Trinajstić information content (AvgIpc) is 2.19. The highest BCUT2D eigenvalue weighted by Crippen LogP contribution is 2.17. The van der Waals surface area contributed by atoms with Crippen LogP contribution in [0.25, 0.3) is 0 Å². The molecule has 0 saturated heterocycles. The Bertz CT molecular complexity index is 327. The van der Waals surface area contributed by atoms with E-state index in [1.807, 2.05) is 6.20 Å². The largest absolute Gasteiger partial charge is 0.377 e. The van der Waals surface area contributed by atoms with E-state index in [2.05, 4.69) is 9.97 Å². The summed E-state index contributed by atoms with van der Waals surface area (Å²) in [5.74, 6) is 0.765. The molecule has 1 unspecified atom stereocenters. The molecule has 2 N–H and O–H groups in total. The molecule has 1 aromatic rings. The van der Waals surface area contributed by atoms with Crippen molar-refractivity contribution < 1.29 is 4.74 Å². The molecule has 1 atom stereocenters. The third-order valence-corrected chi connectivity index (χ3v) is 2.51. The van der Waals surface area contributed by atoms with Gasteiger partial charge in [-0.1, -0.05) is 0 Å². The first-order valence-electron chi connectivity index (χ1n) is 4.88. The van der Waals surface area contributed by atoms with E-state index >= 15 is 0 Å². The molecule has 1 aliphatic rings. The number of methoxy groups -OCH3 is 1.